The lowest BCUT2D eigenvalue weighted by Crippen LogP contribution is -2.27. The Hall–Kier alpha value is -1.43. The zero-order valence-corrected chi connectivity index (χ0v) is 15.3. The third-order valence-corrected chi connectivity index (χ3v) is 4.60. The van der Waals surface area contributed by atoms with Crippen LogP contribution < -0.4 is 4.72 Å². The van der Waals surface area contributed by atoms with Crippen molar-refractivity contribution < 1.29 is 8.42 Å². The molecule has 0 spiro atoms. The van der Waals surface area contributed by atoms with Crippen LogP contribution in [0, 0.1) is 0 Å². The highest BCUT2D eigenvalue weighted by atomic mass is 79.9. The van der Waals surface area contributed by atoms with Crippen LogP contribution in [0.5, 0.6) is 0 Å². The number of nitrogens with one attached hydrogen (secondary N) is 1. The van der Waals surface area contributed by atoms with Crippen LogP contribution in [0.1, 0.15) is 30.0 Å². The van der Waals surface area contributed by atoms with E-state index in [1.165, 1.54) is 6.26 Å². The first-order valence-corrected chi connectivity index (χ1v) is 10.1. The highest BCUT2D eigenvalue weighted by Crippen LogP contribution is 2.20. The van der Waals surface area contributed by atoms with Gasteiger partial charge in [-0.05, 0) is 36.1 Å². The molecule has 0 saturated carbocycles. The summed E-state index contributed by atoms with van der Waals surface area (Å²) in [7, 11) is -3.24. The van der Waals surface area contributed by atoms with Gasteiger partial charge >= 0.3 is 0 Å². The van der Waals surface area contributed by atoms with E-state index in [1.54, 1.807) is 0 Å². The highest BCUT2D eigenvalue weighted by Gasteiger charge is 2.14. The van der Waals surface area contributed by atoms with Gasteiger partial charge in [-0.15, -0.1) is 0 Å². The Balaban J connectivity index is 1.99. The van der Waals surface area contributed by atoms with Crippen molar-refractivity contribution in [3.8, 4) is 0 Å². The maximum atomic E-state index is 11.6. The van der Waals surface area contributed by atoms with Crippen molar-refractivity contribution in [1.29, 1.82) is 0 Å². The number of hydrogen-bond donors (Lipinski definition) is 1. The Morgan fingerprint density at radius 3 is 2.35 bits per heavy atom. The Labute approximate surface area is 146 Å². The third-order valence-electron chi connectivity index (χ3n) is 3.36. The minimum atomic E-state index is -3.24. The Bertz CT molecular complexity index is 740. The van der Waals surface area contributed by atoms with Gasteiger partial charge in [0, 0.05) is 10.5 Å². The van der Waals surface area contributed by atoms with Crippen LogP contribution in [-0.4, -0.2) is 14.7 Å². The molecule has 1 N–H and O–H groups in total. The molecule has 0 fully saturated rings. The van der Waals surface area contributed by atoms with Crippen LogP contribution in [0.3, 0.4) is 0 Å². The smallest absolute Gasteiger partial charge is 0.209 e. The van der Waals surface area contributed by atoms with E-state index in [4.69, 9.17) is 0 Å². The second kappa shape index (κ2) is 8.43. The molecule has 0 aliphatic heterocycles. The van der Waals surface area contributed by atoms with Crippen molar-refractivity contribution >= 4 is 32.0 Å². The molecule has 0 amide bonds. The monoisotopic (exact) mass is 393 g/mol. The van der Waals surface area contributed by atoms with Crippen LogP contribution in [0.25, 0.3) is 6.08 Å². The predicted molar refractivity (Wildman–Crippen MR) is 99.6 cm³/mol. The van der Waals surface area contributed by atoms with E-state index in [0.717, 1.165) is 22.0 Å². The van der Waals surface area contributed by atoms with E-state index in [2.05, 4.69) is 32.8 Å². The average molecular weight is 394 g/mol. The topological polar surface area (TPSA) is 46.2 Å². The molecular formula is C18H20BrNO2S. The van der Waals surface area contributed by atoms with Crippen LogP contribution in [0.15, 0.2) is 65.1 Å². The molecule has 0 aliphatic rings. The van der Waals surface area contributed by atoms with E-state index in [0.29, 0.717) is 6.42 Å². The average Bonchev–Trinajstić information content (AvgIpc) is 2.52. The van der Waals surface area contributed by atoms with Gasteiger partial charge in [-0.1, -0.05) is 70.5 Å². The van der Waals surface area contributed by atoms with Crippen molar-refractivity contribution in [2.75, 3.05) is 6.26 Å². The summed E-state index contributed by atoms with van der Waals surface area (Å²) in [4.78, 5) is 0. The van der Waals surface area contributed by atoms with Gasteiger partial charge in [0.1, 0.15) is 0 Å². The molecule has 2 aromatic rings. The number of halogens is 1. The lowest BCUT2D eigenvalue weighted by molar-refractivity contribution is 0.547. The summed E-state index contributed by atoms with van der Waals surface area (Å²) in [6, 6.07) is 17.5. The molecule has 0 saturated heterocycles. The van der Waals surface area contributed by atoms with E-state index >= 15 is 0 Å². The lowest BCUT2D eigenvalue weighted by Gasteiger charge is -2.17. The summed E-state index contributed by atoms with van der Waals surface area (Å²) in [5.74, 6) is 0. The molecule has 1 unspecified atom stereocenters. The molecule has 0 aliphatic carbocycles. The number of benzene rings is 2. The van der Waals surface area contributed by atoms with Gasteiger partial charge in [-0.25, -0.2) is 13.1 Å². The molecule has 2 aromatic carbocycles. The lowest BCUT2D eigenvalue weighted by atomic mass is 10.0. The maximum Gasteiger partial charge on any atom is 0.209 e. The normalized spacial score (nSPS) is 13.3. The standard InChI is InChI=1S/C18H20BrNO2S/c1-23(21,22)20-18(16-8-3-2-4-9-16)10-6-5-7-15-11-13-17(19)14-12-15/h2-5,7-9,11-14,18,20H,6,10H2,1H3/b7-5+. The number of rotatable bonds is 7. The van der Waals surface area contributed by atoms with Crippen LogP contribution in [-0.2, 0) is 10.0 Å². The second-order valence-electron chi connectivity index (χ2n) is 5.38. The van der Waals surface area contributed by atoms with Crippen molar-refractivity contribution in [2.45, 2.75) is 18.9 Å². The molecular weight excluding hydrogens is 374 g/mol. The van der Waals surface area contributed by atoms with Gasteiger partial charge in [0.15, 0.2) is 0 Å². The Morgan fingerprint density at radius 2 is 1.74 bits per heavy atom. The SMILES string of the molecule is CS(=O)(=O)NC(CC/C=C/c1ccc(Br)cc1)c1ccccc1. The van der Waals surface area contributed by atoms with Gasteiger partial charge < -0.3 is 0 Å². The molecule has 0 radical (unpaired) electrons. The largest absolute Gasteiger partial charge is 0.213 e. The van der Waals surface area contributed by atoms with Crippen molar-refractivity contribution in [2.24, 2.45) is 0 Å². The first kappa shape index (κ1) is 17.9. The second-order valence-corrected chi connectivity index (χ2v) is 8.08. The van der Waals surface area contributed by atoms with Crippen molar-refractivity contribution in [1.82, 2.24) is 4.72 Å². The van der Waals surface area contributed by atoms with E-state index in [9.17, 15) is 8.42 Å². The minimum Gasteiger partial charge on any atom is -0.213 e. The van der Waals surface area contributed by atoms with E-state index in [-0.39, 0.29) is 6.04 Å². The Kier molecular flexibility index (Phi) is 6.57. The minimum absolute atomic E-state index is 0.208. The molecule has 0 bridgehead atoms. The highest BCUT2D eigenvalue weighted by molar-refractivity contribution is 9.10. The van der Waals surface area contributed by atoms with E-state index in [1.807, 2.05) is 54.6 Å². The number of allylic oxidation sites excluding steroid dienone is 1. The van der Waals surface area contributed by atoms with Gasteiger partial charge in [-0.3, -0.25) is 0 Å². The summed E-state index contributed by atoms with van der Waals surface area (Å²) in [5, 5.41) is 0. The fourth-order valence-electron chi connectivity index (χ4n) is 2.29. The van der Waals surface area contributed by atoms with Gasteiger partial charge in [-0.2, -0.15) is 0 Å². The molecule has 3 nitrogen and oxygen atoms in total. The fourth-order valence-corrected chi connectivity index (χ4v) is 3.33. The zero-order chi connectivity index (χ0) is 16.7. The Morgan fingerprint density at radius 1 is 1.09 bits per heavy atom. The molecule has 5 heteroatoms. The van der Waals surface area contributed by atoms with Crippen molar-refractivity contribution in [3.05, 3.63) is 76.3 Å². The van der Waals surface area contributed by atoms with Crippen LogP contribution >= 0.6 is 15.9 Å². The first-order chi connectivity index (χ1) is 10.9. The predicted octanol–water partition coefficient (Wildman–Crippen LogP) is 4.53. The summed E-state index contributed by atoms with van der Waals surface area (Å²) < 4.78 is 26.9. The molecule has 1 atom stereocenters. The molecule has 0 aromatic heterocycles. The fraction of sp³-hybridized carbons (Fsp3) is 0.222. The van der Waals surface area contributed by atoms with Gasteiger partial charge in [0.2, 0.25) is 10.0 Å². The molecule has 23 heavy (non-hydrogen) atoms. The third kappa shape index (κ3) is 6.69. The molecule has 0 heterocycles. The number of sulfonamides is 1. The number of hydrogen-bond acceptors (Lipinski definition) is 2. The van der Waals surface area contributed by atoms with Gasteiger partial charge in [0.05, 0.1) is 6.26 Å². The van der Waals surface area contributed by atoms with Crippen LogP contribution in [0.2, 0.25) is 0 Å². The molecule has 2 rings (SSSR count). The maximum absolute atomic E-state index is 11.6. The summed E-state index contributed by atoms with van der Waals surface area (Å²) in [6.45, 7) is 0. The first-order valence-electron chi connectivity index (χ1n) is 7.38. The zero-order valence-electron chi connectivity index (χ0n) is 12.9. The summed E-state index contributed by atoms with van der Waals surface area (Å²) in [6.07, 6.45) is 6.82. The molecule has 122 valence electrons. The van der Waals surface area contributed by atoms with Crippen LogP contribution in [0.4, 0.5) is 0 Å². The summed E-state index contributed by atoms with van der Waals surface area (Å²) in [5.41, 5.74) is 2.11. The van der Waals surface area contributed by atoms with Crippen molar-refractivity contribution in [3.63, 3.8) is 0 Å². The summed E-state index contributed by atoms with van der Waals surface area (Å²) >= 11 is 3.41. The quantitative estimate of drug-likeness (QED) is 0.750. The van der Waals surface area contributed by atoms with Gasteiger partial charge in [0.25, 0.3) is 0 Å². The van der Waals surface area contributed by atoms with E-state index < -0.39 is 10.0 Å².